The van der Waals surface area contributed by atoms with Crippen LogP contribution in [0, 0.1) is 0 Å². The summed E-state index contributed by atoms with van der Waals surface area (Å²) in [5.41, 5.74) is 0. The minimum Gasteiger partial charge on any atom is -0.396 e. The van der Waals surface area contributed by atoms with E-state index in [0.29, 0.717) is 19.5 Å². The van der Waals surface area contributed by atoms with Crippen molar-refractivity contribution < 1.29 is 13.5 Å². The minimum absolute atomic E-state index is 0.0543. The molecule has 1 aliphatic heterocycles. The van der Waals surface area contributed by atoms with Crippen LogP contribution in [0.2, 0.25) is 0 Å². The molecular formula is C10H20N2O3S. The van der Waals surface area contributed by atoms with Crippen LogP contribution in [-0.2, 0) is 10.0 Å². The van der Waals surface area contributed by atoms with Gasteiger partial charge in [0.05, 0.1) is 5.75 Å². The minimum atomic E-state index is -3.13. The number of aliphatic hydroxyl groups excluding tert-OH is 1. The highest BCUT2D eigenvalue weighted by molar-refractivity contribution is 7.89. The maximum atomic E-state index is 11.8. The average molecular weight is 248 g/mol. The Morgan fingerprint density at radius 3 is 2.25 bits per heavy atom. The van der Waals surface area contributed by atoms with E-state index in [9.17, 15) is 8.42 Å². The number of aliphatic hydroxyl groups is 1. The standard InChI is InChI=1S/C10H20N2O3S/c13-8-1-9-16(14,15)12-6-4-11(5-7-12)10-2-3-10/h10,13H,1-9H2. The average Bonchev–Trinajstić information content (AvgIpc) is 3.10. The molecule has 94 valence electrons. The molecule has 1 saturated carbocycles. The largest absolute Gasteiger partial charge is 0.396 e. The molecule has 1 aliphatic carbocycles. The number of piperazine rings is 1. The van der Waals surface area contributed by atoms with Gasteiger partial charge in [-0.2, -0.15) is 4.31 Å². The summed E-state index contributed by atoms with van der Waals surface area (Å²) in [6, 6.07) is 0.724. The third-order valence-electron chi connectivity index (χ3n) is 3.29. The summed E-state index contributed by atoms with van der Waals surface area (Å²) in [5.74, 6) is 0.0763. The number of nitrogens with zero attached hydrogens (tertiary/aromatic N) is 2. The molecule has 1 saturated heterocycles. The first-order valence-corrected chi connectivity index (χ1v) is 7.57. The Morgan fingerprint density at radius 2 is 1.75 bits per heavy atom. The van der Waals surface area contributed by atoms with Crippen molar-refractivity contribution in [2.45, 2.75) is 25.3 Å². The lowest BCUT2D eigenvalue weighted by Gasteiger charge is -2.34. The van der Waals surface area contributed by atoms with Gasteiger partial charge in [-0.25, -0.2) is 8.42 Å². The van der Waals surface area contributed by atoms with E-state index in [1.807, 2.05) is 0 Å². The molecule has 0 bridgehead atoms. The quantitative estimate of drug-likeness (QED) is 0.711. The van der Waals surface area contributed by atoms with Crippen LogP contribution < -0.4 is 0 Å². The summed E-state index contributed by atoms with van der Waals surface area (Å²) < 4.78 is 25.2. The van der Waals surface area contributed by atoms with Gasteiger partial charge in [-0.05, 0) is 19.3 Å². The van der Waals surface area contributed by atoms with E-state index in [4.69, 9.17) is 5.11 Å². The Morgan fingerprint density at radius 1 is 1.12 bits per heavy atom. The van der Waals surface area contributed by atoms with Crippen LogP contribution in [-0.4, -0.2) is 67.3 Å². The van der Waals surface area contributed by atoms with Crippen molar-refractivity contribution in [2.24, 2.45) is 0 Å². The number of hydrogen-bond donors (Lipinski definition) is 1. The van der Waals surface area contributed by atoms with Gasteiger partial charge in [-0.1, -0.05) is 0 Å². The molecule has 5 nitrogen and oxygen atoms in total. The van der Waals surface area contributed by atoms with Crippen molar-refractivity contribution in [3.8, 4) is 0 Å². The second-order valence-corrected chi connectivity index (χ2v) is 6.65. The molecule has 16 heavy (non-hydrogen) atoms. The van der Waals surface area contributed by atoms with Crippen molar-refractivity contribution >= 4 is 10.0 Å². The van der Waals surface area contributed by atoms with Crippen molar-refractivity contribution in [3.63, 3.8) is 0 Å². The first-order valence-electron chi connectivity index (χ1n) is 5.96. The third-order valence-corrected chi connectivity index (χ3v) is 5.25. The first kappa shape index (κ1) is 12.3. The zero-order valence-electron chi connectivity index (χ0n) is 9.51. The fraction of sp³-hybridized carbons (Fsp3) is 1.00. The summed E-state index contributed by atoms with van der Waals surface area (Å²) in [7, 11) is -3.13. The van der Waals surface area contributed by atoms with Gasteiger partial charge in [0.25, 0.3) is 0 Å². The van der Waals surface area contributed by atoms with Gasteiger partial charge in [0.1, 0.15) is 0 Å². The molecule has 0 radical (unpaired) electrons. The summed E-state index contributed by atoms with van der Waals surface area (Å²) in [6.07, 6.45) is 2.89. The van der Waals surface area contributed by atoms with Crippen molar-refractivity contribution in [1.82, 2.24) is 9.21 Å². The first-order chi connectivity index (χ1) is 7.63. The lowest BCUT2D eigenvalue weighted by atomic mass is 10.3. The Bertz CT molecular complexity index is 319. The Kier molecular flexibility index (Phi) is 3.84. The maximum Gasteiger partial charge on any atom is 0.214 e. The summed E-state index contributed by atoms with van der Waals surface area (Å²) in [4.78, 5) is 2.39. The van der Waals surface area contributed by atoms with Crippen LogP contribution >= 0.6 is 0 Å². The molecule has 0 atom stereocenters. The van der Waals surface area contributed by atoms with Crippen LogP contribution in [0.4, 0.5) is 0 Å². The molecule has 2 aliphatic rings. The van der Waals surface area contributed by atoms with E-state index >= 15 is 0 Å². The zero-order chi connectivity index (χ0) is 11.6. The van der Waals surface area contributed by atoms with E-state index in [-0.39, 0.29) is 12.4 Å². The third kappa shape index (κ3) is 2.94. The van der Waals surface area contributed by atoms with Gasteiger partial charge in [-0.15, -0.1) is 0 Å². The van der Waals surface area contributed by atoms with E-state index < -0.39 is 10.0 Å². The van der Waals surface area contributed by atoms with Crippen LogP contribution in [0.15, 0.2) is 0 Å². The van der Waals surface area contributed by atoms with Crippen LogP contribution in [0.25, 0.3) is 0 Å². The molecular weight excluding hydrogens is 228 g/mol. The molecule has 2 fully saturated rings. The van der Waals surface area contributed by atoms with Gasteiger partial charge >= 0.3 is 0 Å². The second kappa shape index (κ2) is 5.00. The van der Waals surface area contributed by atoms with Crippen molar-refractivity contribution in [2.75, 3.05) is 38.5 Å². The van der Waals surface area contributed by atoms with E-state index in [1.165, 1.54) is 12.8 Å². The molecule has 0 aromatic carbocycles. The van der Waals surface area contributed by atoms with Gasteiger partial charge < -0.3 is 5.11 Å². The van der Waals surface area contributed by atoms with Gasteiger partial charge in [0.2, 0.25) is 10.0 Å². The smallest absolute Gasteiger partial charge is 0.214 e. The van der Waals surface area contributed by atoms with Crippen molar-refractivity contribution in [3.05, 3.63) is 0 Å². The fourth-order valence-corrected chi connectivity index (χ4v) is 3.63. The highest BCUT2D eigenvalue weighted by Gasteiger charge is 2.33. The van der Waals surface area contributed by atoms with Gasteiger partial charge in [0.15, 0.2) is 0 Å². The predicted molar refractivity (Wildman–Crippen MR) is 61.7 cm³/mol. The fourth-order valence-electron chi connectivity index (χ4n) is 2.16. The van der Waals surface area contributed by atoms with E-state index in [0.717, 1.165) is 19.1 Å². The summed E-state index contributed by atoms with van der Waals surface area (Å²) in [5, 5.41) is 8.66. The van der Waals surface area contributed by atoms with Crippen molar-refractivity contribution in [1.29, 1.82) is 0 Å². The number of rotatable bonds is 5. The normalized spacial score (nSPS) is 24.8. The number of sulfonamides is 1. The monoisotopic (exact) mass is 248 g/mol. The zero-order valence-corrected chi connectivity index (χ0v) is 10.3. The van der Waals surface area contributed by atoms with Gasteiger partial charge in [-0.3, -0.25) is 4.90 Å². The molecule has 0 amide bonds. The highest BCUT2D eigenvalue weighted by Crippen LogP contribution is 2.27. The highest BCUT2D eigenvalue weighted by atomic mass is 32.2. The Balaban J connectivity index is 1.82. The second-order valence-electron chi connectivity index (χ2n) is 4.56. The molecule has 6 heteroatoms. The topological polar surface area (TPSA) is 60.9 Å². The molecule has 0 aromatic rings. The summed E-state index contributed by atoms with van der Waals surface area (Å²) in [6.45, 7) is 2.90. The SMILES string of the molecule is O=S(=O)(CCCO)N1CCN(C2CC2)CC1. The Labute approximate surface area is 97.1 Å². The molecule has 0 aromatic heterocycles. The lowest BCUT2D eigenvalue weighted by Crippen LogP contribution is -2.49. The van der Waals surface area contributed by atoms with Gasteiger partial charge in [0, 0.05) is 38.8 Å². The lowest BCUT2D eigenvalue weighted by molar-refractivity contribution is 0.180. The number of hydrogen-bond acceptors (Lipinski definition) is 4. The molecule has 1 heterocycles. The molecule has 0 unspecified atom stereocenters. The molecule has 0 spiro atoms. The maximum absolute atomic E-state index is 11.8. The van der Waals surface area contributed by atoms with Crippen LogP contribution in [0.3, 0.4) is 0 Å². The predicted octanol–water partition coefficient (Wildman–Crippen LogP) is -0.521. The molecule has 1 N–H and O–H groups in total. The Hall–Kier alpha value is -0.170. The van der Waals surface area contributed by atoms with Crippen LogP contribution in [0.1, 0.15) is 19.3 Å². The van der Waals surface area contributed by atoms with E-state index in [1.54, 1.807) is 4.31 Å². The summed E-state index contributed by atoms with van der Waals surface area (Å²) >= 11 is 0. The van der Waals surface area contributed by atoms with Crippen LogP contribution in [0.5, 0.6) is 0 Å². The molecule has 2 rings (SSSR count). The van der Waals surface area contributed by atoms with E-state index in [2.05, 4.69) is 4.90 Å².